The SMILES string of the molecule is CN1CCN=C1NCCn1cnc2ccccc21. The first-order valence-corrected chi connectivity index (χ1v) is 6.24. The van der Waals surface area contributed by atoms with E-state index in [1.54, 1.807) is 0 Å². The van der Waals surface area contributed by atoms with Gasteiger partial charge in [0.25, 0.3) is 0 Å². The van der Waals surface area contributed by atoms with Gasteiger partial charge in [-0.15, -0.1) is 0 Å². The number of nitrogens with one attached hydrogen (secondary N) is 1. The van der Waals surface area contributed by atoms with Crippen molar-refractivity contribution in [3.8, 4) is 0 Å². The summed E-state index contributed by atoms with van der Waals surface area (Å²) in [7, 11) is 2.06. The zero-order chi connectivity index (χ0) is 12.4. The van der Waals surface area contributed by atoms with E-state index >= 15 is 0 Å². The molecule has 0 saturated heterocycles. The molecule has 0 saturated carbocycles. The molecular formula is C13H17N5. The number of imidazole rings is 1. The third kappa shape index (κ3) is 2.03. The van der Waals surface area contributed by atoms with Gasteiger partial charge in [0.2, 0.25) is 0 Å². The Bertz CT molecular complexity index is 572. The van der Waals surface area contributed by atoms with Crippen molar-refractivity contribution in [2.75, 3.05) is 26.7 Å². The van der Waals surface area contributed by atoms with Crippen LogP contribution in [0.25, 0.3) is 11.0 Å². The summed E-state index contributed by atoms with van der Waals surface area (Å²) in [6, 6.07) is 8.19. The summed E-state index contributed by atoms with van der Waals surface area (Å²) in [6.07, 6.45) is 1.90. The van der Waals surface area contributed by atoms with Gasteiger partial charge in [0.1, 0.15) is 0 Å². The van der Waals surface area contributed by atoms with Crippen LogP contribution in [-0.2, 0) is 6.54 Å². The minimum Gasteiger partial charge on any atom is -0.354 e. The van der Waals surface area contributed by atoms with Crippen molar-refractivity contribution in [1.29, 1.82) is 0 Å². The van der Waals surface area contributed by atoms with E-state index in [0.717, 1.165) is 37.7 Å². The molecule has 0 bridgehead atoms. The van der Waals surface area contributed by atoms with Crippen molar-refractivity contribution >= 4 is 17.0 Å². The van der Waals surface area contributed by atoms with E-state index < -0.39 is 0 Å². The molecule has 18 heavy (non-hydrogen) atoms. The number of aromatic nitrogens is 2. The molecule has 94 valence electrons. The van der Waals surface area contributed by atoms with E-state index in [0.29, 0.717) is 0 Å². The van der Waals surface area contributed by atoms with Crippen molar-refractivity contribution < 1.29 is 0 Å². The largest absolute Gasteiger partial charge is 0.354 e. The number of likely N-dealkylation sites (N-methyl/N-ethyl adjacent to an activating group) is 1. The first kappa shape index (κ1) is 11.1. The van der Waals surface area contributed by atoms with Crippen molar-refractivity contribution in [1.82, 2.24) is 19.8 Å². The minimum absolute atomic E-state index is 0.865. The maximum absolute atomic E-state index is 4.40. The topological polar surface area (TPSA) is 45.5 Å². The Hall–Kier alpha value is -2.04. The first-order valence-electron chi connectivity index (χ1n) is 6.24. The normalized spacial score (nSPS) is 15.2. The van der Waals surface area contributed by atoms with Crippen molar-refractivity contribution in [2.45, 2.75) is 6.54 Å². The van der Waals surface area contributed by atoms with E-state index in [2.05, 4.69) is 37.9 Å². The molecule has 1 N–H and O–H groups in total. The highest BCUT2D eigenvalue weighted by atomic mass is 15.3. The molecule has 0 aliphatic carbocycles. The monoisotopic (exact) mass is 243 g/mol. The number of rotatable bonds is 3. The van der Waals surface area contributed by atoms with Gasteiger partial charge in [-0.25, -0.2) is 4.98 Å². The zero-order valence-corrected chi connectivity index (χ0v) is 10.5. The fourth-order valence-corrected chi connectivity index (χ4v) is 2.20. The molecule has 2 heterocycles. The Kier molecular flexibility index (Phi) is 2.88. The van der Waals surface area contributed by atoms with Crippen LogP contribution in [0, 0.1) is 0 Å². The molecule has 0 fully saturated rings. The van der Waals surface area contributed by atoms with Crippen LogP contribution in [0.15, 0.2) is 35.6 Å². The van der Waals surface area contributed by atoms with Crippen LogP contribution in [0.4, 0.5) is 0 Å². The van der Waals surface area contributed by atoms with E-state index in [4.69, 9.17) is 0 Å². The molecule has 1 aromatic carbocycles. The van der Waals surface area contributed by atoms with Crippen molar-refractivity contribution in [3.05, 3.63) is 30.6 Å². The second-order valence-electron chi connectivity index (χ2n) is 4.48. The summed E-state index contributed by atoms with van der Waals surface area (Å²) in [6.45, 7) is 3.67. The third-order valence-corrected chi connectivity index (χ3v) is 3.22. The molecule has 1 aromatic heterocycles. The fraction of sp³-hybridized carbons (Fsp3) is 0.385. The average molecular weight is 243 g/mol. The molecule has 1 aliphatic rings. The van der Waals surface area contributed by atoms with Crippen LogP contribution in [0.5, 0.6) is 0 Å². The van der Waals surface area contributed by atoms with Gasteiger partial charge < -0.3 is 14.8 Å². The molecule has 0 radical (unpaired) electrons. The molecule has 0 spiro atoms. The number of guanidine groups is 1. The van der Waals surface area contributed by atoms with Crippen LogP contribution >= 0.6 is 0 Å². The molecule has 0 atom stereocenters. The van der Waals surface area contributed by atoms with Crippen molar-refractivity contribution in [3.63, 3.8) is 0 Å². The second-order valence-corrected chi connectivity index (χ2v) is 4.48. The Morgan fingerprint density at radius 2 is 2.22 bits per heavy atom. The Balaban J connectivity index is 1.63. The number of hydrogen-bond donors (Lipinski definition) is 1. The lowest BCUT2D eigenvalue weighted by molar-refractivity contribution is 0.529. The number of nitrogens with zero attached hydrogens (tertiary/aromatic N) is 4. The van der Waals surface area contributed by atoms with E-state index in [1.165, 1.54) is 5.52 Å². The standard InChI is InChI=1S/C13H17N5/c1-17-8-6-14-13(17)15-7-9-18-10-16-11-4-2-3-5-12(11)18/h2-5,10H,6-9H2,1H3,(H,14,15). The average Bonchev–Trinajstić information content (AvgIpc) is 2.97. The summed E-state index contributed by atoms with van der Waals surface area (Å²) in [5.41, 5.74) is 2.23. The maximum atomic E-state index is 4.40. The van der Waals surface area contributed by atoms with Gasteiger partial charge >= 0.3 is 0 Å². The smallest absolute Gasteiger partial charge is 0.193 e. The molecule has 3 rings (SSSR count). The van der Waals surface area contributed by atoms with Gasteiger partial charge in [0, 0.05) is 26.7 Å². The molecule has 5 heteroatoms. The second kappa shape index (κ2) is 4.68. The summed E-state index contributed by atoms with van der Waals surface area (Å²) < 4.78 is 2.16. The zero-order valence-electron chi connectivity index (χ0n) is 10.5. The van der Waals surface area contributed by atoms with E-state index in [1.807, 2.05) is 24.5 Å². The van der Waals surface area contributed by atoms with Crippen LogP contribution in [0.2, 0.25) is 0 Å². The minimum atomic E-state index is 0.865. The van der Waals surface area contributed by atoms with Crippen molar-refractivity contribution in [2.24, 2.45) is 4.99 Å². The van der Waals surface area contributed by atoms with Crippen LogP contribution in [0.3, 0.4) is 0 Å². The van der Waals surface area contributed by atoms with Gasteiger partial charge in [-0.2, -0.15) is 0 Å². The predicted molar refractivity (Wildman–Crippen MR) is 72.7 cm³/mol. The summed E-state index contributed by atoms with van der Waals surface area (Å²) >= 11 is 0. The van der Waals surface area contributed by atoms with Crippen LogP contribution in [-0.4, -0.2) is 47.1 Å². The Morgan fingerprint density at radius 1 is 1.33 bits per heavy atom. The van der Waals surface area contributed by atoms with Gasteiger partial charge in [0.15, 0.2) is 5.96 Å². The number of benzene rings is 1. The quantitative estimate of drug-likeness (QED) is 0.872. The van der Waals surface area contributed by atoms with Gasteiger partial charge in [-0.05, 0) is 12.1 Å². The summed E-state index contributed by atoms with van der Waals surface area (Å²) in [5.74, 6) is 0.999. The Labute approximate surface area is 106 Å². The Morgan fingerprint density at radius 3 is 3.06 bits per heavy atom. The molecular weight excluding hydrogens is 226 g/mol. The lowest BCUT2D eigenvalue weighted by atomic mass is 10.3. The predicted octanol–water partition coefficient (Wildman–Crippen LogP) is 0.927. The third-order valence-electron chi connectivity index (χ3n) is 3.22. The summed E-state index contributed by atoms with van der Waals surface area (Å²) in [4.78, 5) is 10.9. The molecule has 2 aromatic rings. The van der Waals surface area contributed by atoms with Gasteiger partial charge in [-0.1, -0.05) is 12.1 Å². The summed E-state index contributed by atoms with van der Waals surface area (Å²) in [5, 5.41) is 3.36. The van der Waals surface area contributed by atoms with E-state index in [9.17, 15) is 0 Å². The number of hydrogen-bond acceptors (Lipinski definition) is 4. The molecule has 0 unspecified atom stereocenters. The number of para-hydroxylation sites is 2. The highest BCUT2D eigenvalue weighted by Gasteiger charge is 2.11. The lowest BCUT2D eigenvalue weighted by Gasteiger charge is -2.15. The number of fused-ring (bicyclic) bond motifs is 1. The van der Waals surface area contributed by atoms with Crippen LogP contribution < -0.4 is 5.32 Å². The first-order chi connectivity index (χ1) is 8.84. The van der Waals surface area contributed by atoms with Gasteiger partial charge in [0.05, 0.1) is 23.9 Å². The van der Waals surface area contributed by atoms with E-state index in [-0.39, 0.29) is 0 Å². The highest BCUT2D eigenvalue weighted by molar-refractivity contribution is 5.81. The molecule has 0 amide bonds. The highest BCUT2D eigenvalue weighted by Crippen LogP contribution is 2.11. The molecule has 1 aliphatic heterocycles. The number of aliphatic imine (C=N–C) groups is 1. The van der Waals surface area contributed by atoms with Crippen LogP contribution in [0.1, 0.15) is 0 Å². The maximum Gasteiger partial charge on any atom is 0.193 e. The fourth-order valence-electron chi connectivity index (χ4n) is 2.20. The molecule has 5 nitrogen and oxygen atoms in total. The lowest BCUT2D eigenvalue weighted by Crippen LogP contribution is -2.37. The van der Waals surface area contributed by atoms with Gasteiger partial charge in [-0.3, -0.25) is 4.99 Å².